The number of unbranched alkanes of at least 4 members (excludes halogenated alkanes) is 1. The third-order valence-corrected chi connectivity index (χ3v) is 4.01. The number of pyridine rings is 1. The number of nitrogens with zero attached hydrogens (tertiary/aromatic N) is 2. The standard InChI is InChI=1S/C19H24ClF2N5O/c1-23-19(26-11-5-4-10-25-17-6-2-3-9-24-17)27-13-14-12-15(20)7-8-16(14)28-18(21)22/h2-3,6-9,12,18H,4-5,10-11,13H2,1H3,(H,24,25)(H2,23,26,27). The van der Waals surface area contributed by atoms with Crippen LogP contribution < -0.4 is 20.7 Å². The number of hydrogen-bond donors (Lipinski definition) is 3. The summed E-state index contributed by atoms with van der Waals surface area (Å²) in [5.41, 5.74) is 0.523. The smallest absolute Gasteiger partial charge is 0.387 e. The van der Waals surface area contributed by atoms with Gasteiger partial charge in [0, 0.05) is 43.5 Å². The summed E-state index contributed by atoms with van der Waals surface area (Å²) < 4.78 is 29.6. The summed E-state index contributed by atoms with van der Waals surface area (Å²) in [6.07, 6.45) is 3.63. The van der Waals surface area contributed by atoms with Crippen molar-refractivity contribution in [3.63, 3.8) is 0 Å². The lowest BCUT2D eigenvalue weighted by atomic mass is 10.2. The van der Waals surface area contributed by atoms with Gasteiger partial charge in [-0.05, 0) is 43.2 Å². The molecule has 0 unspecified atom stereocenters. The van der Waals surface area contributed by atoms with E-state index < -0.39 is 6.61 Å². The summed E-state index contributed by atoms with van der Waals surface area (Å²) in [5.74, 6) is 1.51. The Hall–Kier alpha value is -2.61. The molecule has 2 rings (SSSR count). The van der Waals surface area contributed by atoms with Crippen molar-refractivity contribution in [2.75, 3.05) is 25.5 Å². The van der Waals surface area contributed by atoms with Crippen LogP contribution >= 0.6 is 11.6 Å². The summed E-state index contributed by atoms with van der Waals surface area (Å²) in [6, 6.07) is 10.3. The van der Waals surface area contributed by atoms with Crippen molar-refractivity contribution in [2.24, 2.45) is 4.99 Å². The van der Waals surface area contributed by atoms with Crippen LogP contribution in [0.3, 0.4) is 0 Å². The molecule has 0 aliphatic carbocycles. The molecule has 1 aromatic heterocycles. The summed E-state index contributed by atoms with van der Waals surface area (Å²) in [4.78, 5) is 8.33. The lowest BCUT2D eigenvalue weighted by Gasteiger charge is -2.15. The Kier molecular flexibility index (Phi) is 9.27. The van der Waals surface area contributed by atoms with Crippen molar-refractivity contribution in [3.05, 3.63) is 53.2 Å². The van der Waals surface area contributed by atoms with E-state index in [0.717, 1.165) is 31.7 Å². The highest BCUT2D eigenvalue weighted by atomic mass is 35.5. The second-order valence-electron chi connectivity index (χ2n) is 5.83. The first-order valence-corrected chi connectivity index (χ1v) is 9.29. The Morgan fingerprint density at radius 1 is 1.18 bits per heavy atom. The van der Waals surface area contributed by atoms with Gasteiger partial charge in [-0.2, -0.15) is 8.78 Å². The third-order valence-electron chi connectivity index (χ3n) is 3.78. The fourth-order valence-electron chi connectivity index (χ4n) is 2.44. The summed E-state index contributed by atoms with van der Waals surface area (Å²) in [7, 11) is 1.65. The topological polar surface area (TPSA) is 70.6 Å². The van der Waals surface area contributed by atoms with Crippen LogP contribution in [0.2, 0.25) is 5.02 Å². The number of rotatable bonds is 10. The fraction of sp³-hybridized carbons (Fsp3) is 0.368. The molecule has 9 heteroatoms. The number of ether oxygens (including phenoxy) is 1. The lowest BCUT2D eigenvalue weighted by molar-refractivity contribution is -0.0504. The number of nitrogens with one attached hydrogen (secondary N) is 3. The van der Waals surface area contributed by atoms with Crippen LogP contribution in [0.5, 0.6) is 5.75 Å². The maximum atomic E-state index is 12.5. The normalized spacial score (nSPS) is 11.4. The number of aliphatic imine (C=N–C) groups is 1. The number of halogens is 3. The molecule has 0 amide bonds. The molecule has 0 bridgehead atoms. The van der Waals surface area contributed by atoms with Gasteiger partial charge >= 0.3 is 6.61 Å². The average Bonchev–Trinajstić information content (AvgIpc) is 2.69. The van der Waals surface area contributed by atoms with E-state index in [1.54, 1.807) is 19.3 Å². The zero-order chi connectivity index (χ0) is 20.2. The van der Waals surface area contributed by atoms with Gasteiger partial charge in [0.2, 0.25) is 0 Å². The van der Waals surface area contributed by atoms with E-state index in [1.807, 2.05) is 18.2 Å². The number of benzene rings is 1. The molecule has 0 aliphatic heterocycles. The predicted octanol–water partition coefficient (Wildman–Crippen LogP) is 3.89. The molecule has 0 saturated heterocycles. The number of anilines is 1. The highest BCUT2D eigenvalue weighted by Gasteiger charge is 2.11. The number of alkyl halides is 2. The zero-order valence-electron chi connectivity index (χ0n) is 15.6. The van der Waals surface area contributed by atoms with E-state index in [1.165, 1.54) is 12.1 Å². The zero-order valence-corrected chi connectivity index (χ0v) is 16.3. The molecule has 0 atom stereocenters. The van der Waals surface area contributed by atoms with Gasteiger partial charge in [0.15, 0.2) is 5.96 Å². The van der Waals surface area contributed by atoms with Crippen LogP contribution in [0.25, 0.3) is 0 Å². The molecule has 3 N–H and O–H groups in total. The van der Waals surface area contributed by atoms with Crippen LogP contribution in [0.15, 0.2) is 47.6 Å². The number of guanidine groups is 1. The molecule has 1 aromatic carbocycles. The summed E-state index contributed by atoms with van der Waals surface area (Å²) in [6.45, 7) is -1.10. The van der Waals surface area contributed by atoms with Gasteiger partial charge in [0.25, 0.3) is 0 Å². The van der Waals surface area contributed by atoms with Crippen LogP contribution in [-0.4, -0.2) is 37.7 Å². The van der Waals surface area contributed by atoms with E-state index in [4.69, 9.17) is 11.6 Å². The maximum Gasteiger partial charge on any atom is 0.387 e. The summed E-state index contributed by atoms with van der Waals surface area (Å²) in [5, 5.41) is 9.95. The Bertz CT molecular complexity index is 746. The first-order chi connectivity index (χ1) is 13.6. The van der Waals surface area contributed by atoms with E-state index in [0.29, 0.717) is 16.5 Å². The lowest BCUT2D eigenvalue weighted by Crippen LogP contribution is -2.37. The maximum absolute atomic E-state index is 12.5. The third kappa shape index (κ3) is 7.96. The highest BCUT2D eigenvalue weighted by Crippen LogP contribution is 2.24. The van der Waals surface area contributed by atoms with Gasteiger partial charge in [-0.15, -0.1) is 0 Å². The SMILES string of the molecule is CN=C(NCCCCNc1ccccn1)NCc1cc(Cl)ccc1OC(F)F. The Morgan fingerprint density at radius 2 is 2.00 bits per heavy atom. The second-order valence-corrected chi connectivity index (χ2v) is 6.27. The largest absolute Gasteiger partial charge is 0.434 e. The molecular weight excluding hydrogens is 388 g/mol. The first kappa shape index (κ1) is 21.7. The van der Waals surface area contributed by atoms with Crippen LogP contribution in [0.4, 0.5) is 14.6 Å². The molecule has 6 nitrogen and oxygen atoms in total. The fourth-order valence-corrected chi connectivity index (χ4v) is 2.63. The summed E-state index contributed by atoms with van der Waals surface area (Å²) >= 11 is 5.95. The van der Waals surface area contributed by atoms with Gasteiger partial charge in [0.05, 0.1) is 0 Å². The molecule has 0 fully saturated rings. The van der Waals surface area contributed by atoms with Crippen molar-refractivity contribution in [1.82, 2.24) is 15.6 Å². The van der Waals surface area contributed by atoms with Crippen molar-refractivity contribution in [2.45, 2.75) is 26.0 Å². The van der Waals surface area contributed by atoms with Crippen LogP contribution in [0, 0.1) is 0 Å². The van der Waals surface area contributed by atoms with Crippen LogP contribution in [-0.2, 0) is 6.54 Å². The van der Waals surface area contributed by atoms with Gasteiger partial charge in [-0.25, -0.2) is 4.98 Å². The van der Waals surface area contributed by atoms with Gasteiger partial charge in [0.1, 0.15) is 11.6 Å². The molecule has 28 heavy (non-hydrogen) atoms. The van der Waals surface area contributed by atoms with E-state index in [-0.39, 0.29) is 12.3 Å². The molecule has 1 heterocycles. The average molecular weight is 412 g/mol. The molecular formula is C19H24ClF2N5O. The quantitative estimate of drug-likeness (QED) is 0.314. The van der Waals surface area contributed by atoms with Crippen LogP contribution in [0.1, 0.15) is 18.4 Å². The van der Waals surface area contributed by atoms with Gasteiger partial charge in [-0.1, -0.05) is 17.7 Å². The van der Waals surface area contributed by atoms with E-state index in [2.05, 4.69) is 30.7 Å². The number of hydrogen-bond acceptors (Lipinski definition) is 4. The Labute approximate surface area is 168 Å². The van der Waals surface area contributed by atoms with Crippen molar-refractivity contribution in [3.8, 4) is 5.75 Å². The van der Waals surface area contributed by atoms with Crippen molar-refractivity contribution in [1.29, 1.82) is 0 Å². The molecule has 152 valence electrons. The predicted molar refractivity (Wildman–Crippen MR) is 108 cm³/mol. The number of aromatic nitrogens is 1. The van der Waals surface area contributed by atoms with Crippen molar-refractivity contribution >= 4 is 23.4 Å². The van der Waals surface area contributed by atoms with E-state index in [9.17, 15) is 8.78 Å². The minimum Gasteiger partial charge on any atom is -0.434 e. The molecule has 2 aromatic rings. The molecule has 0 aliphatic rings. The minimum atomic E-state index is -2.89. The first-order valence-electron chi connectivity index (χ1n) is 8.91. The minimum absolute atomic E-state index is 0.0861. The van der Waals surface area contributed by atoms with E-state index >= 15 is 0 Å². The highest BCUT2D eigenvalue weighted by molar-refractivity contribution is 6.30. The second kappa shape index (κ2) is 12.0. The van der Waals surface area contributed by atoms with Gasteiger partial charge < -0.3 is 20.7 Å². The van der Waals surface area contributed by atoms with Gasteiger partial charge in [-0.3, -0.25) is 4.99 Å². The molecule has 0 spiro atoms. The monoisotopic (exact) mass is 411 g/mol. The van der Waals surface area contributed by atoms with Crippen molar-refractivity contribution < 1.29 is 13.5 Å². The Balaban J connectivity index is 1.71. The Morgan fingerprint density at radius 3 is 2.71 bits per heavy atom. The molecule has 0 radical (unpaired) electrons. The molecule has 0 saturated carbocycles.